The number of nitrogens with zero attached hydrogens (tertiary/aromatic N) is 2. The van der Waals surface area contributed by atoms with Crippen LogP contribution >= 0.6 is 0 Å². The van der Waals surface area contributed by atoms with Gasteiger partial charge in [0, 0.05) is 24.6 Å². The van der Waals surface area contributed by atoms with Crippen molar-refractivity contribution in [2.24, 2.45) is 0 Å². The first kappa shape index (κ1) is 16.7. The van der Waals surface area contributed by atoms with Crippen LogP contribution in [0.3, 0.4) is 0 Å². The number of aromatic nitrogens is 2. The first-order valence-electron chi connectivity index (χ1n) is 8.49. The van der Waals surface area contributed by atoms with E-state index in [9.17, 15) is 9.59 Å². The minimum Gasteiger partial charge on any atom is -0.478 e. The van der Waals surface area contributed by atoms with E-state index in [0.717, 1.165) is 17.0 Å². The van der Waals surface area contributed by atoms with Gasteiger partial charge in [0.1, 0.15) is 11.9 Å². The Bertz CT molecular complexity index is 864. The zero-order valence-corrected chi connectivity index (χ0v) is 14.2. The number of aromatic amines is 1. The molecule has 0 bridgehead atoms. The number of amides is 1. The Morgan fingerprint density at radius 2 is 2.15 bits per heavy atom. The molecule has 1 amide bonds. The van der Waals surface area contributed by atoms with Crippen molar-refractivity contribution in [1.82, 2.24) is 31.3 Å². The lowest BCUT2D eigenvalue weighted by atomic mass is 10.1. The molecule has 1 aromatic heterocycles. The Hall–Kier alpha value is -2.75. The maximum absolute atomic E-state index is 12.7. The maximum atomic E-state index is 12.7. The third kappa shape index (κ3) is 2.96. The molecule has 1 aromatic carbocycles. The van der Waals surface area contributed by atoms with Crippen molar-refractivity contribution in [2.45, 2.75) is 32.0 Å². The van der Waals surface area contributed by atoms with Gasteiger partial charge >= 0.3 is 5.97 Å². The van der Waals surface area contributed by atoms with Crippen LogP contribution in [0.2, 0.25) is 0 Å². The quantitative estimate of drug-likeness (QED) is 0.526. The van der Waals surface area contributed by atoms with Gasteiger partial charge in [0.2, 0.25) is 5.91 Å². The van der Waals surface area contributed by atoms with Crippen molar-refractivity contribution in [3.05, 3.63) is 41.2 Å². The average molecular weight is 356 g/mol. The molecule has 0 radical (unpaired) electrons. The van der Waals surface area contributed by atoms with Gasteiger partial charge in [-0.25, -0.2) is 20.6 Å². The van der Waals surface area contributed by atoms with Crippen LogP contribution in [0.25, 0.3) is 11.4 Å². The Kier molecular flexibility index (Phi) is 4.19. The minimum absolute atomic E-state index is 0.0000155. The molecule has 5 N–H and O–H groups in total. The highest BCUT2D eigenvalue weighted by Crippen LogP contribution is 2.24. The smallest absolute Gasteiger partial charge is 0.335 e. The zero-order chi connectivity index (χ0) is 18.3. The van der Waals surface area contributed by atoms with E-state index < -0.39 is 5.97 Å². The lowest BCUT2D eigenvalue weighted by molar-refractivity contribution is -0.134. The largest absolute Gasteiger partial charge is 0.478 e. The van der Waals surface area contributed by atoms with Crippen molar-refractivity contribution in [3.8, 4) is 11.4 Å². The predicted octanol–water partition coefficient (Wildman–Crippen LogP) is 0.0291. The summed E-state index contributed by atoms with van der Waals surface area (Å²) in [5.74, 6) is -0.312. The Labute approximate surface area is 149 Å². The number of H-pyrrole nitrogens is 1. The Morgan fingerprint density at radius 3 is 2.88 bits per heavy atom. The second kappa shape index (κ2) is 6.52. The molecule has 1 fully saturated rings. The number of rotatable bonds is 3. The second-order valence-electron chi connectivity index (χ2n) is 6.59. The maximum Gasteiger partial charge on any atom is 0.335 e. The number of aromatic carboxylic acids is 1. The molecule has 9 heteroatoms. The lowest BCUT2D eigenvalue weighted by Gasteiger charge is -2.29. The van der Waals surface area contributed by atoms with Gasteiger partial charge in [0.25, 0.3) is 0 Å². The molecule has 2 aliphatic heterocycles. The van der Waals surface area contributed by atoms with Crippen molar-refractivity contribution in [1.29, 1.82) is 0 Å². The van der Waals surface area contributed by atoms with Gasteiger partial charge in [-0.3, -0.25) is 4.79 Å². The number of nitrogens with one attached hydrogen (secondary N) is 4. The van der Waals surface area contributed by atoms with Gasteiger partial charge in [-0.1, -0.05) is 12.1 Å². The van der Waals surface area contributed by atoms with Crippen LogP contribution in [-0.4, -0.2) is 50.5 Å². The van der Waals surface area contributed by atoms with Gasteiger partial charge < -0.3 is 15.0 Å². The first-order valence-corrected chi connectivity index (χ1v) is 8.49. The molecular weight excluding hydrogens is 336 g/mol. The van der Waals surface area contributed by atoms with Crippen LogP contribution in [0, 0.1) is 0 Å². The summed E-state index contributed by atoms with van der Waals surface area (Å²) in [6, 6.07) is 6.35. The molecule has 0 saturated carbocycles. The molecule has 2 aromatic rings. The van der Waals surface area contributed by atoms with Gasteiger partial charge in [-0.05, 0) is 19.1 Å². The van der Waals surface area contributed by atoms with Gasteiger partial charge in [-0.2, -0.15) is 5.53 Å². The SMILES string of the molecule is CC1NNNC1C(=O)N1CCc2nc(-c3cccc(C(=O)O)c3)[nH]c2C1. The van der Waals surface area contributed by atoms with Crippen LogP contribution in [-0.2, 0) is 17.8 Å². The Morgan fingerprint density at radius 1 is 1.31 bits per heavy atom. The molecule has 0 spiro atoms. The predicted molar refractivity (Wildman–Crippen MR) is 92.8 cm³/mol. The number of benzene rings is 1. The van der Waals surface area contributed by atoms with Gasteiger partial charge in [0.05, 0.1) is 23.5 Å². The number of hydrogen-bond acceptors (Lipinski definition) is 6. The molecule has 3 heterocycles. The lowest BCUT2D eigenvalue weighted by Crippen LogP contribution is -2.50. The van der Waals surface area contributed by atoms with E-state index in [4.69, 9.17) is 5.11 Å². The Balaban J connectivity index is 1.55. The fraction of sp³-hybridized carbons (Fsp3) is 0.353. The van der Waals surface area contributed by atoms with Crippen LogP contribution < -0.4 is 16.4 Å². The molecule has 9 nitrogen and oxygen atoms in total. The van der Waals surface area contributed by atoms with Crippen molar-refractivity contribution in [3.63, 3.8) is 0 Å². The monoisotopic (exact) mass is 356 g/mol. The number of fused-ring (bicyclic) bond motifs is 1. The number of carboxylic acid groups (broad SMARTS) is 1. The number of carbonyl (C=O) groups is 2. The van der Waals surface area contributed by atoms with Crippen LogP contribution in [0.15, 0.2) is 24.3 Å². The molecule has 2 aliphatic rings. The highest BCUT2D eigenvalue weighted by atomic mass is 16.4. The van der Waals surface area contributed by atoms with Crippen LogP contribution in [0.4, 0.5) is 0 Å². The van der Waals surface area contributed by atoms with Crippen molar-refractivity contribution < 1.29 is 14.7 Å². The number of carbonyl (C=O) groups excluding carboxylic acids is 1. The molecule has 2 unspecified atom stereocenters. The normalized spacial score (nSPS) is 22.3. The highest BCUT2D eigenvalue weighted by molar-refractivity contribution is 5.89. The van der Waals surface area contributed by atoms with Gasteiger partial charge in [-0.15, -0.1) is 0 Å². The molecule has 2 atom stereocenters. The number of carboxylic acids is 1. The summed E-state index contributed by atoms with van der Waals surface area (Å²) in [6.07, 6.45) is 0.665. The zero-order valence-electron chi connectivity index (χ0n) is 14.2. The fourth-order valence-electron chi connectivity index (χ4n) is 3.33. The van der Waals surface area contributed by atoms with Crippen molar-refractivity contribution >= 4 is 11.9 Å². The van der Waals surface area contributed by atoms with E-state index in [1.165, 1.54) is 0 Å². The number of imidazole rings is 1. The number of hydrogen-bond donors (Lipinski definition) is 5. The third-order valence-corrected chi connectivity index (χ3v) is 4.82. The molecule has 1 saturated heterocycles. The molecule has 136 valence electrons. The molecular formula is C17H20N6O3. The summed E-state index contributed by atoms with van der Waals surface area (Å²) in [5.41, 5.74) is 11.5. The van der Waals surface area contributed by atoms with E-state index in [2.05, 4.69) is 26.4 Å². The summed E-state index contributed by atoms with van der Waals surface area (Å²) >= 11 is 0. The van der Waals surface area contributed by atoms with E-state index in [1.54, 1.807) is 23.1 Å². The topological polar surface area (TPSA) is 122 Å². The highest BCUT2D eigenvalue weighted by Gasteiger charge is 2.34. The summed E-state index contributed by atoms with van der Waals surface area (Å²) in [6.45, 7) is 3.01. The van der Waals surface area contributed by atoms with E-state index >= 15 is 0 Å². The van der Waals surface area contributed by atoms with Gasteiger partial charge in [0.15, 0.2) is 0 Å². The van der Waals surface area contributed by atoms with E-state index in [1.807, 2.05) is 13.0 Å². The standard InChI is InChI=1S/C17H20N6O3/c1-9-14(21-22-20-9)16(24)23-6-5-12-13(8-23)19-15(18-12)10-3-2-4-11(7-10)17(25)26/h2-4,7,9,14,20-22H,5-6,8H2,1H3,(H,18,19)(H,25,26). The number of hydrazine groups is 2. The summed E-state index contributed by atoms with van der Waals surface area (Å²) in [7, 11) is 0. The summed E-state index contributed by atoms with van der Waals surface area (Å²) in [5, 5.41) is 9.15. The third-order valence-electron chi connectivity index (χ3n) is 4.82. The second-order valence-corrected chi connectivity index (χ2v) is 6.59. The summed E-state index contributed by atoms with van der Waals surface area (Å²) in [4.78, 5) is 33.5. The first-order chi connectivity index (χ1) is 12.5. The molecule has 26 heavy (non-hydrogen) atoms. The fourth-order valence-corrected chi connectivity index (χ4v) is 3.33. The van der Waals surface area contributed by atoms with E-state index in [0.29, 0.717) is 25.3 Å². The van der Waals surface area contributed by atoms with E-state index in [-0.39, 0.29) is 23.6 Å². The summed E-state index contributed by atoms with van der Waals surface area (Å²) < 4.78 is 0. The minimum atomic E-state index is -0.972. The molecule has 0 aliphatic carbocycles. The molecule has 4 rings (SSSR count). The van der Waals surface area contributed by atoms with Crippen LogP contribution in [0.5, 0.6) is 0 Å². The average Bonchev–Trinajstić information content (AvgIpc) is 3.26. The van der Waals surface area contributed by atoms with Crippen LogP contribution in [0.1, 0.15) is 28.7 Å². The van der Waals surface area contributed by atoms with Crippen molar-refractivity contribution in [2.75, 3.05) is 6.54 Å².